The Morgan fingerprint density at radius 3 is 2.94 bits per heavy atom. The van der Waals surface area contributed by atoms with Crippen molar-refractivity contribution in [3.63, 3.8) is 0 Å². The van der Waals surface area contributed by atoms with Crippen molar-refractivity contribution in [2.24, 2.45) is 0 Å². The van der Waals surface area contributed by atoms with E-state index in [0.29, 0.717) is 11.1 Å². The average molecular weight is 239 g/mol. The Hall–Kier alpha value is -0.710. The molecule has 0 amide bonds. The number of nitrogens with zero attached hydrogens (tertiary/aromatic N) is 2. The summed E-state index contributed by atoms with van der Waals surface area (Å²) in [7, 11) is 0. The molecule has 4 nitrogen and oxygen atoms in total. The number of hydrogen-bond donors (Lipinski definition) is 2. The molecule has 2 N–H and O–H groups in total. The number of piperidine rings is 1. The summed E-state index contributed by atoms with van der Waals surface area (Å²) >= 11 is 6.18. The molecule has 1 fully saturated rings. The van der Waals surface area contributed by atoms with E-state index >= 15 is 0 Å². The van der Waals surface area contributed by atoms with Gasteiger partial charge >= 0.3 is 0 Å². The van der Waals surface area contributed by atoms with Crippen LogP contribution in [0.1, 0.15) is 35.8 Å². The number of hydrogen-bond acceptors (Lipinski definition) is 4. The normalized spacial score (nSPS) is 24.4. The van der Waals surface area contributed by atoms with Crippen molar-refractivity contribution in [3.8, 4) is 0 Å². The maximum absolute atomic E-state index is 6.18. The van der Waals surface area contributed by atoms with Gasteiger partial charge in [0.15, 0.2) is 0 Å². The lowest BCUT2D eigenvalue weighted by Crippen LogP contribution is -2.29. The third-order valence-electron chi connectivity index (χ3n) is 3.32. The number of rotatable bonds is 1. The zero-order chi connectivity index (χ0) is 11.0. The van der Waals surface area contributed by atoms with Gasteiger partial charge in [-0.05, 0) is 19.4 Å². The highest BCUT2D eigenvalue weighted by atomic mass is 35.5. The van der Waals surface area contributed by atoms with Gasteiger partial charge in [0.1, 0.15) is 11.0 Å². The predicted octanol–water partition coefficient (Wildman–Crippen LogP) is 1.20. The van der Waals surface area contributed by atoms with E-state index in [9.17, 15) is 0 Å². The van der Waals surface area contributed by atoms with Gasteiger partial charge in [0, 0.05) is 31.1 Å². The lowest BCUT2D eigenvalue weighted by Gasteiger charge is -2.21. The van der Waals surface area contributed by atoms with Crippen LogP contribution in [0, 0.1) is 0 Å². The van der Waals surface area contributed by atoms with E-state index in [1.165, 1.54) is 6.42 Å². The maximum Gasteiger partial charge on any atom is 0.137 e. The smallest absolute Gasteiger partial charge is 0.137 e. The van der Waals surface area contributed by atoms with Gasteiger partial charge in [-0.2, -0.15) is 0 Å². The van der Waals surface area contributed by atoms with Gasteiger partial charge in [0.25, 0.3) is 0 Å². The molecule has 0 saturated carbocycles. The first kappa shape index (κ1) is 10.4. The molecule has 0 bridgehead atoms. The second kappa shape index (κ2) is 4.28. The molecule has 1 aromatic rings. The Labute approximate surface area is 99.8 Å². The lowest BCUT2D eigenvalue weighted by molar-refractivity contribution is 0.445. The van der Waals surface area contributed by atoms with Crippen LogP contribution >= 0.6 is 11.6 Å². The minimum Gasteiger partial charge on any atom is -0.316 e. The van der Waals surface area contributed by atoms with Crippen LogP contribution in [0.3, 0.4) is 0 Å². The highest BCUT2D eigenvalue weighted by molar-refractivity contribution is 6.30. The standard InChI is InChI=1S/C11H15ClN4/c12-10-8-5-14-6-9(8)15-11(16-10)7-2-1-3-13-4-7/h7,13-14H,1-6H2. The van der Waals surface area contributed by atoms with Crippen molar-refractivity contribution < 1.29 is 0 Å². The van der Waals surface area contributed by atoms with E-state index in [1.54, 1.807) is 0 Å². The molecule has 0 radical (unpaired) electrons. The van der Waals surface area contributed by atoms with Gasteiger partial charge in [0.05, 0.1) is 5.69 Å². The molecule has 86 valence electrons. The first-order valence-corrected chi connectivity index (χ1v) is 6.19. The van der Waals surface area contributed by atoms with Gasteiger partial charge in [-0.1, -0.05) is 11.6 Å². The van der Waals surface area contributed by atoms with Crippen LogP contribution in [0.5, 0.6) is 0 Å². The van der Waals surface area contributed by atoms with E-state index in [2.05, 4.69) is 20.6 Å². The van der Waals surface area contributed by atoms with E-state index in [4.69, 9.17) is 11.6 Å². The summed E-state index contributed by atoms with van der Waals surface area (Å²) in [6.45, 7) is 3.71. The van der Waals surface area contributed by atoms with Crippen molar-refractivity contribution in [3.05, 3.63) is 22.2 Å². The number of fused-ring (bicyclic) bond motifs is 1. The molecule has 3 heterocycles. The zero-order valence-electron chi connectivity index (χ0n) is 9.09. The maximum atomic E-state index is 6.18. The molecular weight excluding hydrogens is 224 g/mol. The summed E-state index contributed by atoms with van der Waals surface area (Å²) in [5, 5.41) is 7.27. The lowest BCUT2D eigenvalue weighted by atomic mass is 9.98. The summed E-state index contributed by atoms with van der Waals surface area (Å²) in [6, 6.07) is 0. The fraction of sp³-hybridized carbons (Fsp3) is 0.636. The Kier molecular flexibility index (Phi) is 2.79. The summed E-state index contributed by atoms with van der Waals surface area (Å²) in [4.78, 5) is 9.08. The van der Waals surface area contributed by atoms with Crippen LogP contribution in [0.4, 0.5) is 0 Å². The molecule has 1 atom stereocenters. The molecule has 0 aromatic carbocycles. The van der Waals surface area contributed by atoms with Crippen LogP contribution < -0.4 is 10.6 Å². The van der Waals surface area contributed by atoms with Crippen LogP contribution in [0.15, 0.2) is 0 Å². The topological polar surface area (TPSA) is 49.8 Å². The fourth-order valence-corrected chi connectivity index (χ4v) is 2.66. The molecule has 2 aliphatic rings. The molecule has 1 unspecified atom stereocenters. The summed E-state index contributed by atoms with van der Waals surface area (Å²) in [5.41, 5.74) is 2.16. The van der Waals surface area contributed by atoms with Crippen molar-refractivity contribution in [1.29, 1.82) is 0 Å². The fourth-order valence-electron chi connectivity index (χ4n) is 2.40. The van der Waals surface area contributed by atoms with Gasteiger partial charge in [-0.25, -0.2) is 9.97 Å². The minimum absolute atomic E-state index is 0.428. The first-order chi connectivity index (χ1) is 7.84. The summed E-state index contributed by atoms with van der Waals surface area (Å²) < 4.78 is 0. The largest absolute Gasteiger partial charge is 0.316 e. The Bertz CT molecular complexity index is 401. The van der Waals surface area contributed by atoms with Crippen molar-refractivity contribution in [1.82, 2.24) is 20.6 Å². The highest BCUT2D eigenvalue weighted by Gasteiger charge is 2.23. The molecule has 0 aliphatic carbocycles. The monoisotopic (exact) mass is 238 g/mol. The average Bonchev–Trinajstić information content (AvgIpc) is 2.79. The predicted molar refractivity (Wildman–Crippen MR) is 62.4 cm³/mol. The second-order valence-corrected chi connectivity index (χ2v) is 4.80. The molecule has 0 spiro atoms. The Morgan fingerprint density at radius 2 is 2.12 bits per heavy atom. The molecule has 3 rings (SSSR count). The summed E-state index contributed by atoms with van der Waals surface area (Å²) in [6.07, 6.45) is 2.36. The molecule has 2 aliphatic heterocycles. The van der Waals surface area contributed by atoms with E-state index in [-0.39, 0.29) is 0 Å². The van der Waals surface area contributed by atoms with E-state index in [1.807, 2.05) is 0 Å². The highest BCUT2D eigenvalue weighted by Crippen LogP contribution is 2.26. The van der Waals surface area contributed by atoms with Gasteiger partial charge in [-0.15, -0.1) is 0 Å². The molecule has 1 saturated heterocycles. The van der Waals surface area contributed by atoms with Crippen LogP contribution in [0.2, 0.25) is 5.15 Å². The van der Waals surface area contributed by atoms with Crippen LogP contribution in [-0.4, -0.2) is 23.1 Å². The molecule has 16 heavy (non-hydrogen) atoms. The van der Waals surface area contributed by atoms with Gasteiger partial charge in [0.2, 0.25) is 0 Å². The van der Waals surface area contributed by atoms with Gasteiger partial charge < -0.3 is 10.6 Å². The zero-order valence-corrected chi connectivity index (χ0v) is 9.85. The third-order valence-corrected chi connectivity index (χ3v) is 3.63. The van der Waals surface area contributed by atoms with Crippen molar-refractivity contribution in [2.45, 2.75) is 31.8 Å². The number of nitrogens with one attached hydrogen (secondary N) is 2. The van der Waals surface area contributed by atoms with Crippen LogP contribution in [0.25, 0.3) is 0 Å². The Balaban J connectivity index is 1.92. The molecule has 1 aromatic heterocycles. The second-order valence-electron chi connectivity index (χ2n) is 4.44. The third kappa shape index (κ3) is 1.81. The first-order valence-electron chi connectivity index (χ1n) is 5.81. The van der Waals surface area contributed by atoms with Crippen molar-refractivity contribution >= 4 is 11.6 Å². The number of aromatic nitrogens is 2. The van der Waals surface area contributed by atoms with Crippen molar-refractivity contribution in [2.75, 3.05) is 13.1 Å². The van der Waals surface area contributed by atoms with Crippen LogP contribution in [-0.2, 0) is 13.1 Å². The van der Waals surface area contributed by atoms with Gasteiger partial charge in [-0.3, -0.25) is 0 Å². The summed E-state index contributed by atoms with van der Waals surface area (Å²) in [5.74, 6) is 1.34. The quantitative estimate of drug-likeness (QED) is 0.722. The minimum atomic E-state index is 0.428. The SMILES string of the molecule is Clc1nc(C2CCCNC2)nc2c1CNC2. The molecular formula is C11H15ClN4. The van der Waals surface area contributed by atoms with E-state index < -0.39 is 0 Å². The Morgan fingerprint density at radius 1 is 1.19 bits per heavy atom. The van der Waals surface area contributed by atoms with E-state index in [0.717, 1.165) is 49.7 Å². The molecule has 5 heteroatoms. The number of halogens is 1.